The van der Waals surface area contributed by atoms with Crippen LogP contribution in [0, 0.1) is 0 Å². The highest BCUT2D eigenvalue weighted by Gasteiger charge is 1.82. The molecule has 0 bridgehead atoms. The summed E-state index contributed by atoms with van der Waals surface area (Å²) in [7, 11) is 0.874. The van der Waals surface area contributed by atoms with E-state index in [0.717, 1.165) is 5.56 Å². The smallest absolute Gasteiger partial charge is 0.365 e. The fourth-order valence-electron chi connectivity index (χ4n) is 0.798. The molecule has 1 aromatic rings. The van der Waals surface area contributed by atoms with Gasteiger partial charge in [-0.05, 0) is 11.6 Å². The van der Waals surface area contributed by atoms with Crippen molar-refractivity contribution in [1.29, 1.82) is 0 Å². The minimum absolute atomic E-state index is 0.781. The van der Waals surface area contributed by atoms with E-state index in [0.29, 0.717) is 0 Å². The van der Waals surface area contributed by atoms with Crippen molar-refractivity contribution in [1.82, 2.24) is 0 Å². The molecule has 0 unspecified atom stereocenters. The van der Waals surface area contributed by atoms with E-state index in [1.54, 1.807) is 13.4 Å². The number of hydrogen-bond donors (Lipinski definition) is 0. The first-order valence-electron chi connectivity index (χ1n) is 3.75. The van der Waals surface area contributed by atoms with E-state index in [1.165, 1.54) is 0 Å². The third kappa shape index (κ3) is 3.36. The molecule has 0 N–H and O–H groups in total. The summed E-state index contributed by atoms with van der Waals surface area (Å²) in [6.45, 7) is 0. The summed E-state index contributed by atoms with van der Waals surface area (Å²) in [6, 6.07) is 10.0. The van der Waals surface area contributed by atoms with Crippen molar-refractivity contribution < 1.29 is 8.85 Å². The maximum absolute atomic E-state index is 5.12. The van der Waals surface area contributed by atoms with E-state index in [1.807, 2.05) is 36.4 Å². The molecule has 3 heteroatoms. The van der Waals surface area contributed by atoms with Crippen LogP contribution in [0.4, 0.5) is 0 Å². The van der Waals surface area contributed by atoms with Gasteiger partial charge >= 0.3 is 10.0 Å². The van der Waals surface area contributed by atoms with E-state index in [2.05, 4.69) is 0 Å². The molecule has 0 atom stereocenters. The Morgan fingerprint density at radius 1 is 1.25 bits per heavy atom. The fraction of sp³-hybridized carbons (Fsp3) is 0.111. The predicted octanol–water partition coefficient (Wildman–Crippen LogP) is 1.32. The summed E-state index contributed by atoms with van der Waals surface area (Å²) < 4.78 is 9.97. The Hall–Kier alpha value is -1.06. The summed E-state index contributed by atoms with van der Waals surface area (Å²) in [5.74, 6) is 0. The summed E-state index contributed by atoms with van der Waals surface area (Å²) in [5, 5.41) is 0. The van der Waals surface area contributed by atoms with Gasteiger partial charge in [-0.15, -0.1) is 0 Å². The molecule has 0 spiro atoms. The molecule has 0 saturated heterocycles. The van der Waals surface area contributed by atoms with Crippen LogP contribution >= 0.6 is 0 Å². The van der Waals surface area contributed by atoms with Gasteiger partial charge in [-0.2, -0.15) is 0 Å². The molecule has 0 aliphatic carbocycles. The van der Waals surface area contributed by atoms with Crippen LogP contribution in [0.15, 0.2) is 36.6 Å². The second kappa shape index (κ2) is 5.57. The molecule has 1 rings (SSSR count). The van der Waals surface area contributed by atoms with Crippen LogP contribution in [-0.2, 0) is 8.85 Å². The van der Waals surface area contributed by atoms with Crippen LogP contribution in [0.25, 0.3) is 6.08 Å². The summed E-state index contributed by atoms with van der Waals surface area (Å²) in [4.78, 5) is 0. The molecule has 0 heterocycles. The van der Waals surface area contributed by atoms with Gasteiger partial charge in [0.05, 0.1) is 6.26 Å². The van der Waals surface area contributed by atoms with Gasteiger partial charge in [-0.1, -0.05) is 30.3 Å². The summed E-state index contributed by atoms with van der Waals surface area (Å²) >= 11 is 0. The monoisotopic (exact) mass is 180 g/mol. The van der Waals surface area contributed by atoms with Crippen LogP contribution in [-0.4, -0.2) is 17.1 Å². The quantitative estimate of drug-likeness (QED) is 0.395. The molecule has 0 radical (unpaired) electrons. The molecule has 1 aromatic carbocycles. The maximum atomic E-state index is 5.12. The van der Waals surface area contributed by atoms with Crippen molar-refractivity contribution in [3.8, 4) is 0 Å². The van der Waals surface area contributed by atoms with E-state index in [9.17, 15) is 0 Å². The Balaban J connectivity index is 2.36. The second-order valence-corrected chi connectivity index (χ2v) is 3.43. The molecule has 64 valence electrons. The Kier molecular flexibility index (Phi) is 4.19. The van der Waals surface area contributed by atoms with E-state index < -0.39 is 10.0 Å². The normalized spacial score (nSPS) is 11.4. The first-order valence-corrected chi connectivity index (χ1v) is 4.91. The lowest BCUT2D eigenvalue weighted by Gasteiger charge is -1.95. The van der Waals surface area contributed by atoms with Gasteiger partial charge in [0, 0.05) is 7.11 Å². The Labute approximate surface area is 74.9 Å². The van der Waals surface area contributed by atoms with Gasteiger partial charge in [0.25, 0.3) is 0 Å². The van der Waals surface area contributed by atoms with Crippen molar-refractivity contribution in [3.05, 3.63) is 42.2 Å². The van der Waals surface area contributed by atoms with Crippen LogP contribution in [0.3, 0.4) is 0 Å². The van der Waals surface area contributed by atoms with Gasteiger partial charge in [0.1, 0.15) is 0 Å². The van der Waals surface area contributed by atoms with Gasteiger partial charge in [0.15, 0.2) is 0 Å². The molecule has 12 heavy (non-hydrogen) atoms. The van der Waals surface area contributed by atoms with E-state index in [-0.39, 0.29) is 0 Å². The molecule has 0 amide bonds. The maximum Gasteiger partial charge on any atom is 0.365 e. The lowest BCUT2D eigenvalue weighted by molar-refractivity contribution is 0.340. The van der Waals surface area contributed by atoms with Gasteiger partial charge in [-0.3, -0.25) is 0 Å². The highest BCUT2D eigenvalue weighted by molar-refractivity contribution is 6.18. The van der Waals surface area contributed by atoms with Crippen LogP contribution < -0.4 is 0 Å². The molecular formula is C9H12O2Si. The first-order chi connectivity index (χ1) is 5.93. The number of benzene rings is 1. The Morgan fingerprint density at radius 2 is 2.00 bits per heavy atom. The standard InChI is InChI=1S/C9H12O2Si/c1-10-12-11-8-7-9-5-3-2-4-6-9/h2-8H,12H2,1H3. The van der Waals surface area contributed by atoms with Crippen molar-refractivity contribution in [2.45, 2.75) is 0 Å². The average molecular weight is 180 g/mol. The van der Waals surface area contributed by atoms with Gasteiger partial charge in [0.2, 0.25) is 0 Å². The minimum Gasteiger partial charge on any atom is -0.531 e. The lowest BCUT2D eigenvalue weighted by Crippen LogP contribution is -1.93. The Bertz CT molecular complexity index is 234. The molecule has 0 aromatic heterocycles. The van der Waals surface area contributed by atoms with Gasteiger partial charge < -0.3 is 8.85 Å². The zero-order chi connectivity index (χ0) is 8.65. The highest BCUT2D eigenvalue weighted by atomic mass is 28.3. The van der Waals surface area contributed by atoms with Crippen molar-refractivity contribution in [3.63, 3.8) is 0 Å². The van der Waals surface area contributed by atoms with Crippen LogP contribution in [0.2, 0.25) is 0 Å². The minimum atomic E-state index is -0.781. The second-order valence-electron chi connectivity index (χ2n) is 2.29. The van der Waals surface area contributed by atoms with E-state index in [4.69, 9.17) is 8.85 Å². The number of rotatable bonds is 4. The SMILES string of the molecule is CO[SiH2]OC=Cc1ccccc1. The fourth-order valence-corrected chi connectivity index (χ4v) is 1.11. The predicted molar refractivity (Wildman–Crippen MR) is 52.1 cm³/mol. The third-order valence-electron chi connectivity index (χ3n) is 1.34. The third-order valence-corrected chi connectivity index (χ3v) is 1.91. The summed E-state index contributed by atoms with van der Waals surface area (Å²) in [5.41, 5.74) is 1.14. The zero-order valence-corrected chi connectivity index (χ0v) is 8.48. The van der Waals surface area contributed by atoms with Crippen LogP contribution in [0.5, 0.6) is 0 Å². The first kappa shape index (κ1) is 9.03. The molecule has 0 fully saturated rings. The van der Waals surface area contributed by atoms with Gasteiger partial charge in [-0.25, -0.2) is 0 Å². The molecule has 0 saturated carbocycles. The van der Waals surface area contributed by atoms with Crippen molar-refractivity contribution in [2.75, 3.05) is 7.11 Å². The molecule has 0 aliphatic rings. The molecule has 2 nitrogen and oxygen atoms in total. The van der Waals surface area contributed by atoms with E-state index >= 15 is 0 Å². The van der Waals surface area contributed by atoms with Crippen LogP contribution in [0.1, 0.15) is 5.56 Å². The van der Waals surface area contributed by atoms with Crippen molar-refractivity contribution in [2.24, 2.45) is 0 Å². The largest absolute Gasteiger partial charge is 0.531 e. The molecular weight excluding hydrogens is 168 g/mol. The highest BCUT2D eigenvalue weighted by Crippen LogP contribution is 2.00. The topological polar surface area (TPSA) is 18.5 Å². The zero-order valence-electron chi connectivity index (χ0n) is 7.07. The molecule has 0 aliphatic heterocycles. The summed E-state index contributed by atoms with van der Waals surface area (Å²) in [6.07, 6.45) is 3.61. The number of hydrogen-bond acceptors (Lipinski definition) is 2. The Morgan fingerprint density at radius 3 is 2.67 bits per heavy atom. The average Bonchev–Trinajstić information content (AvgIpc) is 2.14. The lowest BCUT2D eigenvalue weighted by atomic mass is 10.2. The van der Waals surface area contributed by atoms with Crippen molar-refractivity contribution >= 4 is 16.1 Å².